The summed E-state index contributed by atoms with van der Waals surface area (Å²) in [6.45, 7) is 1.19. The molecule has 3 rings (SSSR count). The molecule has 2 aromatic heterocycles. The van der Waals surface area contributed by atoms with Crippen molar-refractivity contribution in [1.82, 2.24) is 14.9 Å². The molecule has 0 radical (unpaired) electrons. The van der Waals surface area contributed by atoms with Crippen molar-refractivity contribution < 1.29 is 9.18 Å². The molecule has 0 saturated carbocycles. The van der Waals surface area contributed by atoms with Gasteiger partial charge in [-0.25, -0.2) is 4.39 Å². The van der Waals surface area contributed by atoms with Gasteiger partial charge in [0, 0.05) is 19.2 Å². The second-order valence-electron chi connectivity index (χ2n) is 3.59. The molecule has 1 aliphatic heterocycles. The molecule has 0 fully saturated rings. The van der Waals surface area contributed by atoms with Crippen molar-refractivity contribution in [1.29, 1.82) is 0 Å². The Morgan fingerprint density at radius 2 is 2.38 bits per heavy atom. The van der Waals surface area contributed by atoms with E-state index in [0.717, 1.165) is 6.20 Å². The Morgan fingerprint density at radius 1 is 1.56 bits per heavy atom. The molecule has 1 N–H and O–H groups in total. The molecule has 0 saturated heterocycles. The number of hydrogen-bond acceptors (Lipinski definition) is 2. The van der Waals surface area contributed by atoms with E-state index in [1.807, 2.05) is 0 Å². The molecule has 3 heterocycles. The van der Waals surface area contributed by atoms with Crippen LogP contribution in [-0.4, -0.2) is 22.0 Å². The Balaban J connectivity index is 2.44. The van der Waals surface area contributed by atoms with Crippen molar-refractivity contribution >= 4 is 32.9 Å². The van der Waals surface area contributed by atoms with Gasteiger partial charge in [-0.1, -0.05) is 0 Å². The summed E-state index contributed by atoms with van der Waals surface area (Å²) in [4.78, 5) is 15.7. The van der Waals surface area contributed by atoms with Gasteiger partial charge in [-0.15, -0.1) is 0 Å². The number of nitrogens with zero attached hydrogens (tertiary/aromatic N) is 2. The molecule has 1 aliphatic rings. The zero-order chi connectivity index (χ0) is 11.3. The first-order valence-electron chi connectivity index (χ1n) is 4.80. The van der Waals surface area contributed by atoms with Gasteiger partial charge < -0.3 is 9.88 Å². The lowest BCUT2D eigenvalue weighted by molar-refractivity contribution is 0.0928. The molecule has 16 heavy (non-hydrogen) atoms. The van der Waals surface area contributed by atoms with E-state index in [1.165, 1.54) is 6.07 Å². The van der Waals surface area contributed by atoms with Gasteiger partial charge in [0.05, 0.1) is 16.2 Å². The maximum absolute atomic E-state index is 13.1. The van der Waals surface area contributed by atoms with Crippen LogP contribution in [0.1, 0.15) is 10.5 Å². The van der Waals surface area contributed by atoms with E-state index >= 15 is 0 Å². The molecule has 0 unspecified atom stereocenters. The van der Waals surface area contributed by atoms with Crippen LogP contribution in [0.4, 0.5) is 4.39 Å². The van der Waals surface area contributed by atoms with E-state index in [4.69, 9.17) is 0 Å². The van der Waals surface area contributed by atoms with Crippen molar-refractivity contribution in [3.05, 3.63) is 28.2 Å². The first-order valence-corrected chi connectivity index (χ1v) is 5.59. The van der Waals surface area contributed by atoms with Gasteiger partial charge in [-0.2, -0.15) is 0 Å². The summed E-state index contributed by atoms with van der Waals surface area (Å²) in [5.74, 6) is -0.553. The van der Waals surface area contributed by atoms with Gasteiger partial charge in [-0.05, 0) is 15.9 Å². The van der Waals surface area contributed by atoms with Crippen LogP contribution >= 0.6 is 15.9 Å². The minimum absolute atomic E-state index is 0.156. The van der Waals surface area contributed by atoms with E-state index in [0.29, 0.717) is 34.3 Å². The second kappa shape index (κ2) is 3.28. The fourth-order valence-corrected chi connectivity index (χ4v) is 2.67. The van der Waals surface area contributed by atoms with Crippen molar-refractivity contribution in [2.45, 2.75) is 6.54 Å². The van der Waals surface area contributed by atoms with Gasteiger partial charge in [0.15, 0.2) is 0 Å². The predicted octanol–water partition coefficient (Wildman–Crippen LogP) is 1.68. The quantitative estimate of drug-likeness (QED) is 0.800. The number of rotatable bonds is 0. The molecule has 2 aromatic rings. The Labute approximate surface area is 98.6 Å². The maximum atomic E-state index is 13.1. The standard InChI is InChI=1S/C10H7BrFN3O/c11-7-8-6(3-5(12)4-14-8)15-2-1-13-10(16)9(7)15/h3-4H,1-2H2,(H,13,16). The molecular weight excluding hydrogens is 277 g/mol. The number of aromatic nitrogens is 2. The lowest BCUT2D eigenvalue weighted by Crippen LogP contribution is -2.35. The third-order valence-corrected chi connectivity index (χ3v) is 3.40. The van der Waals surface area contributed by atoms with Gasteiger partial charge in [0.1, 0.15) is 17.0 Å². The SMILES string of the molecule is O=C1NCCn2c1c(Br)c1ncc(F)cc12. The number of amides is 1. The molecular formula is C10H7BrFN3O. The topological polar surface area (TPSA) is 46.9 Å². The summed E-state index contributed by atoms with van der Waals surface area (Å²) in [5.41, 5.74) is 1.78. The minimum atomic E-state index is -0.397. The first-order chi connectivity index (χ1) is 7.68. The Bertz CT molecular complexity index is 608. The lowest BCUT2D eigenvalue weighted by atomic mass is 10.3. The fourth-order valence-electron chi connectivity index (χ4n) is 1.97. The van der Waals surface area contributed by atoms with Gasteiger partial charge in [0.25, 0.3) is 5.91 Å². The van der Waals surface area contributed by atoms with E-state index < -0.39 is 5.82 Å². The summed E-state index contributed by atoms with van der Waals surface area (Å²) in [5, 5.41) is 2.74. The number of halogens is 2. The average Bonchev–Trinajstić information content (AvgIpc) is 2.54. The van der Waals surface area contributed by atoms with Gasteiger partial charge >= 0.3 is 0 Å². The van der Waals surface area contributed by atoms with Crippen LogP contribution in [0.3, 0.4) is 0 Å². The van der Waals surface area contributed by atoms with E-state index in [9.17, 15) is 9.18 Å². The van der Waals surface area contributed by atoms with Crippen LogP contribution < -0.4 is 5.32 Å². The van der Waals surface area contributed by atoms with Crippen LogP contribution in [-0.2, 0) is 6.54 Å². The largest absolute Gasteiger partial charge is 0.349 e. The van der Waals surface area contributed by atoms with Crippen LogP contribution in [0.15, 0.2) is 16.7 Å². The molecule has 0 aromatic carbocycles. The van der Waals surface area contributed by atoms with Crippen molar-refractivity contribution in [2.24, 2.45) is 0 Å². The summed E-state index contributed by atoms with van der Waals surface area (Å²) in [6, 6.07) is 1.40. The molecule has 4 nitrogen and oxygen atoms in total. The number of carbonyl (C=O) groups is 1. The van der Waals surface area contributed by atoms with Gasteiger partial charge in [0.2, 0.25) is 0 Å². The van der Waals surface area contributed by atoms with Gasteiger partial charge in [-0.3, -0.25) is 9.78 Å². The normalized spacial score (nSPS) is 15.0. The monoisotopic (exact) mass is 283 g/mol. The molecule has 1 amide bonds. The van der Waals surface area contributed by atoms with E-state index in [-0.39, 0.29) is 5.91 Å². The van der Waals surface area contributed by atoms with E-state index in [2.05, 4.69) is 26.2 Å². The summed E-state index contributed by atoms with van der Waals surface area (Å²) < 4.78 is 15.5. The molecule has 6 heteroatoms. The fraction of sp³-hybridized carbons (Fsp3) is 0.200. The van der Waals surface area contributed by atoms with Crippen molar-refractivity contribution in [3.8, 4) is 0 Å². The lowest BCUT2D eigenvalue weighted by Gasteiger charge is -2.16. The molecule has 0 bridgehead atoms. The highest BCUT2D eigenvalue weighted by Gasteiger charge is 2.25. The zero-order valence-electron chi connectivity index (χ0n) is 8.13. The van der Waals surface area contributed by atoms with Crippen molar-refractivity contribution in [2.75, 3.05) is 6.54 Å². The predicted molar refractivity (Wildman–Crippen MR) is 59.7 cm³/mol. The Morgan fingerprint density at radius 3 is 3.19 bits per heavy atom. The molecule has 0 spiro atoms. The molecule has 0 aliphatic carbocycles. The third kappa shape index (κ3) is 1.19. The Hall–Kier alpha value is -1.43. The molecule has 0 atom stereocenters. The highest BCUT2D eigenvalue weighted by atomic mass is 79.9. The van der Waals surface area contributed by atoms with Crippen LogP contribution in [0.2, 0.25) is 0 Å². The maximum Gasteiger partial charge on any atom is 0.269 e. The minimum Gasteiger partial charge on any atom is -0.349 e. The van der Waals surface area contributed by atoms with E-state index in [1.54, 1.807) is 4.57 Å². The third-order valence-electron chi connectivity index (χ3n) is 2.65. The zero-order valence-corrected chi connectivity index (χ0v) is 9.71. The number of pyridine rings is 1. The number of carbonyl (C=O) groups excluding carboxylic acids is 1. The summed E-state index contributed by atoms with van der Waals surface area (Å²) >= 11 is 3.34. The average molecular weight is 284 g/mol. The number of nitrogens with one attached hydrogen (secondary N) is 1. The van der Waals surface area contributed by atoms with Crippen LogP contribution in [0, 0.1) is 5.82 Å². The smallest absolute Gasteiger partial charge is 0.269 e. The first kappa shape index (κ1) is 9.77. The molecule has 82 valence electrons. The summed E-state index contributed by atoms with van der Waals surface area (Å²) in [6.07, 6.45) is 1.15. The second-order valence-corrected chi connectivity index (χ2v) is 4.38. The number of hydrogen-bond donors (Lipinski definition) is 1. The number of fused-ring (bicyclic) bond motifs is 3. The van der Waals surface area contributed by atoms with Crippen molar-refractivity contribution in [3.63, 3.8) is 0 Å². The highest BCUT2D eigenvalue weighted by molar-refractivity contribution is 9.10. The van der Waals surface area contributed by atoms with Crippen LogP contribution in [0.25, 0.3) is 11.0 Å². The summed E-state index contributed by atoms with van der Waals surface area (Å²) in [7, 11) is 0. The van der Waals surface area contributed by atoms with Crippen LogP contribution in [0.5, 0.6) is 0 Å². The Kier molecular flexibility index (Phi) is 2.00. The highest BCUT2D eigenvalue weighted by Crippen LogP contribution is 2.30.